The van der Waals surface area contributed by atoms with Crippen LogP contribution >= 0.6 is 11.6 Å². The van der Waals surface area contributed by atoms with E-state index in [0.29, 0.717) is 11.1 Å². The summed E-state index contributed by atoms with van der Waals surface area (Å²) in [4.78, 5) is 0. The molecular weight excluding hydrogens is 616 g/mol. The second-order valence-corrected chi connectivity index (χ2v) is 14.4. The molecule has 0 bridgehead atoms. The molecule has 0 fully saturated rings. The Hall–Kier alpha value is -5.67. The predicted octanol–water partition coefficient (Wildman–Crippen LogP) is 11.3. The third-order valence-electron chi connectivity index (χ3n) is 11.9. The van der Waals surface area contributed by atoms with Gasteiger partial charge in [-0.15, -0.1) is 0 Å². The highest BCUT2D eigenvalue weighted by atomic mass is 35.5. The third-order valence-corrected chi connectivity index (χ3v) is 12.3. The molecule has 0 N–H and O–H groups in total. The predicted molar refractivity (Wildman–Crippen MR) is 198 cm³/mol. The van der Waals surface area contributed by atoms with Gasteiger partial charge in [-0.05, 0) is 150 Å². The van der Waals surface area contributed by atoms with Crippen LogP contribution in [0.5, 0.6) is 0 Å². The maximum atomic E-state index is 10.4. The van der Waals surface area contributed by atoms with Gasteiger partial charge < -0.3 is 0 Å². The second kappa shape index (κ2) is 9.70. The molecule has 0 spiro atoms. The van der Waals surface area contributed by atoms with E-state index < -0.39 is 0 Å². The molecule has 0 saturated carbocycles. The zero-order chi connectivity index (χ0) is 32.5. The van der Waals surface area contributed by atoms with Gasteiger partial charge in [0.25, 0.3) is 0 Å². The smallest absolute Gasteiger partial charge is 0.0998 e. The minimum absolute atomic E-state index is 0.284. The molecule has 5 aliphatic carbocycles. The summed E-state index contributed by atoms with van der Waals surface area (Å²) in [6, 6.07) is 37.3. The van der Waals surface area contributed by atoms with Gasteiger partial charge >= 0.3 is 0 Å². The lowest BCUT2D eigenvalue weighted by Crippen LogP contribution is -2.16. The van der Waals surface area contributed by atoms with E-state index in [4.69, 9.17) is 11.6 Å². The molecule has 49 heavy (non-hydrogen) atoms. The van der Waals surface area contributed by atoms with Gasteiger partial charge in [-0.3, -0.25) is 0 Å². The van der Waals surface area contributed by atoms with Crippen LogP contribution in [0.15, 0.2) is 103 Å². The summed E-state index contributed by atoms with van der Waals surface area (Å²) >= 11 is 7.45. The van der Waals surface area contributed by atoms with Gasteiger partial charge in [-0.2, -0.15) is 10.5 Å². The molecule has 6 aromatic rings. The fraction of sp³-hybridized carbons (Fsp3) is 0.130. The fourth-order valence-corrected chi connectivity index (χ4v) is 10.4. The number of fused-ring (bicyclic) bond motifs is 11. The number of rotatable bonds is 1. The molecule has 228 valence electrons. The molecule has 1 unspecified atom stereocenters. The van der Waals surface area contributed by atoms with E-state index in [9.17, 15) is 10.5 Å². The lowest BCUT2D eigenvalue weighted by atomic mass is 9.72. The Morgan fingerprint density at radius 1 is 0.612 bits per heavy atom. The van der Waals surface area contributed by atoms with E-state index in [1.807, 2.05) is 12.1 Å². The standard InChI is InChI=1S/C46H27ClN2/c47-46-34-18-16-29-30(38(34)21-40-32-10-2-6-26-8-4-12-36(42(26)32)45(40)46)15-17-33-37(29)20-39-31-9-1-5-25-7-3-11-35(41(25)31)44(39)43(33)28-14-13-24(22-48)19-27(28)23-49/h1-3,5-7,9-14,16,18-20,40H,4,8,15,17,21H2. The molecule has 3 heteroatoms. The Balaban J connectivity index is 1.18. The number of aryl methyl sites for hydroxylation is 1. The van der Waals surface area contributed by atoms with Gasteiger partial charge in [0.1, 0.15) is 0 Å². The highest BCUT2D eigenvalue weighted by Crippen LogP contribution is 2.59. The number of nitrogens with zero attached hydrogens (tertiary/aromatic N) is 2. The average molecular weight is 643 g/mol. The first-order chi connectivity index (χ1) is 24.1. The highest BCUT2D eigenvalue weighted by Gasteiger charge is 2.41. The molecule has 5 aliphatic rings. The summed E-state index contributed by atoms with van der Waals surface area (Å²) in [5, 5.41) is 23.5. The van der Waals surface area contributed by atoms with Crippen molar-refractivity contribution < 1.29 is 0 Å². The van der Waals surface area contributed by atoms with Gasteiger partial charge in [0.05, 0.1) is 28.3 Å². The number of halogens is 1. The van der Waals surface area contributed by atoms with E-state index in [0.717, 1.165) is 48.3 Å². The Kier molecular flexibility index (Phi) is 5.41. The molecule has 0 radical (unpaired) electrons. The van der Waals surface area contributed by atoms with Crippen LogP contribution in [0, 0.1) is 22.7 Å². The summed E-state index contributed by atoms with van der Waals surface area (Å²) in [5.41, 5.74) is 22.8. The summed E-state index contributed by atoms with van der Waals surface area (Å²) in [7, 11) is 0. The van der Waals surface area contributed by atoms with Crippen LogP contribution in [0.2, 0.25) is 0 Å². The van der Waals surface area contributed by atoms with E-state index >= 15 is 0 Å². The minimum Gasteiger partial charge on any atom is -0.192 e. The number of benzene rings is 6. The Morgan fingerprint density at radius 3 is 2.27 bits per heavy atom. The average Bonchev–Trinajstić information content (AvgIpc) is 3.65. The molecule has 11 rings (SSSR count). The van der Waals surface area contributed by atoms with E-state index in [1.54, 1.807) is 6.07 Å². The van der Waals surface area contributed by atoms with Crippen LogP contribution in [0.25, 0.3) is 65.9 Å². The molecule has 2 nitrogen and oxygen atoms in total. The third kappa shape index (κ3) is 3.45. The number of nitriles is 2. The maximum absolute atomic E-state index is 10.4. The Bertz CT molecular complexity index is 2720. The number of hydrogen-bond acceptors (Lipinski definition) is 2. The summed E-state index contributed by atoms with van der Waals surface area (Å²) in [6.07, 6.45) is 7.32. The van der Waals surface area contributed by atoms with E-state index in [-0.39, 0.29) is 5.92 Å². The zero-order valence-corrected chi connectivity index (χ0v) is 27.4. The highest BCUT2D eigenvalue weighted by molar-refractivity contribution is 6.51. The van der Waals surface area contributed by atoms with Crippen molar-refractivity contribution in [3.8, 4) is 56.6 Å². The topological polar surface area (TPSA) is 47.6 Å². The lowest BCUT2D eigenvalue weighted by molar-refractivity contribution is 0.794. The molecule has 1 atom stereocenters. The van der Waals surface area contributed by atoms with E-state index in [2.05, 4.69) is 91.0 Å². The molecular formula is C46H27ClN2. The molecule has 6 aromatic carbocycles. The molecule has 0 aromatic heterocycles. The van der Waals surface area contributed by atoms with Crippen molar-refractivity contribution in [2.24, 2.45) is 0 Å². The molecule has 0 saturated heterocycles. The molecule has 0 amide bonds. The fourth-order valence-electron chi connectivity index (χ4n) is 9.97. The Morgan fingerprint density at radius 2 is 1.41 bits per heavy atom. The second-order valence-electron chi connectivity index (χ2n) is 14.0. The normalized spacial score (nSPS) is 16.9. The first kappa shape index (κ1) is 27.3. The lowest BCUT2D eigenvalue weighted by Gasteiger charge is -2.32. The maximum Gasteiger partial charge on any atom is 0.0998 e. The van der Waals surface area contributed by atoms with Gasteiger partial charge in [-0.25, -0.2) is 0 Å². The first-order valence-corrected chi connectivity index (χ1v) is 17.6. The van der Waals surface area contributed by atoms with Crippen LogP contribution in [0.4, 0.5) is 0 Å². The van der Waals surface area contributed by atoms with Crippen LogP contribution in [0.1, 0.15) is 62.4 Å². The van der Waals surface area contributed by atoms with Crippen LogP contribution in [-0.4, -0.2) is 0 Å². The zero-order valence-electron chi connectivity index (χ0n) is 26.6. The quantitative estimate of drug-likeness (QED) is 0.179. The van der Waals surface area contributed by atoms with Crippen LogP contribution in [0.3, 0.4) is 0 Å². The summed E-state index contributed by atoms with van der Waals surface area (Å²) < 4.78 is 0. The van der Waals surface area contributed by atoms with Crippen LogP contribution in [-0.2, 0) is 25.7 Å². The van der Waals surface area contributed by atoms with Crippen molar-refractivity contribution in [3.63, 3.8) is 0 Å². The van der Waals surface area contributed by atoms with Gasteiger partial charge in [-0.1, -0.05) is 90.5 Å². The van der Waals surface area contributed by atoms with Gasteiger partial charge in [0.15, 0.2) is 0 Å². The van der Waals surface area contributed by atoms with Crippen molar-refractivity contribution >= 4 is 33.0 Å². The van der Waals surface area contributed by atoms with Crippen molar-refractivity contribution in [1.82, 2.24) is 0 Å². The van der Waals surface area contributed by atoms with Crippen molar-refractivity contribution in [2.75, 3.05) is 0 Å². The van der Waals surface area contributed by atoms with Gasteiger partial charge in [0, 0.05) is 11.5 Å². The summed E-state index contributed by atoms with van der Waals surface area (Å²) in [5.74, 6) is 0.284. The molecule has 0 aliphatic heterocycles. The van der Waals surface area contributed by atoms with E-state index in [1.165, 1.54) is 94.2 Å². The van der Waals surface area contributed by atoms with Crippen molar-refractivity contribution in [3.05, 3.63) is 153 Å². The van der Waals surface area contributed by atoms with Crippen molar-refractivity contribution in [2.45, 2.75) is 38.0 Å². The minimum atomic E-state index is 0.284. The van der Waals surface area contributed by atoms with Gasteiger partial charge in [0.2, 0.25) is 0 Å². The van der Waals surface area contributed by atoms with Crippen LogP contribution < -0.4 is 0 Å². The Labute approximate surface area is 289 Å². The monoisotopic (exact) mass is 642 g/mol. The number of allylic oxidation sites excluding steroid dienone is 3. The first-order valence-electron chi connectivity index (χ1n) is 17.2. The largest absolute Gasteiger partial charge is 0.192 e. The van der Waals surface area contributed by atoms with Crippen molar-refractivity contribution in [1.29, 1.82) is 10.5 Å². The summed E-state index contributed by atoms with van der Waals surface area (Å²) in [6.45, 7) is 0. The SMILES string of the molecule is N#Cc1ccc(-c2c3c(cc4c2-c2cccc5cccc-4c25)-c2ccc4c(c2CC3)CC2C(=C4Cl)C3=CCCc4cccc2c43)c(C#N)c1. The molecule has 0 heterocycles. The number of hydrogen-bond donors (Lipinski definition) is 0.